The normalized spacial score (nSPS) is 25.9. The van der Waals surface area contributed by atoms with Crippen molar-refractivity contribution in [3.63, 3.8) is 0 Å². The molecule has 0 aromatic carbocycles. The predicted molar refractivity (Wildman–Crippen MR) is 106 cm³/mol. The van der Waals surface area contributed by atoms with E-state index < -0.39 is 0 Å². The minimum absolute atomic E-state index is 0.0101. The fourth-order valence-corrected chi connectivity index (χ4v) is 4.83. The first-order valence-electron chi connectivity index (χ1n) is 10.7. The second-order valence-electron chi connectivity index (χ2n) is 8.41. The Morgan fingerprint density at radius 1 is 1.30 bits per heavy atom. The third kappa shape index (κ3) is 4.84. The van der Waals surface area contributed by atoms with Gasteiger partial charge in [-0.05, 0) is 50.0 Å². The van der Waals surface area contributed by atoms with Crippen LogP contribution < -0.4 is 10.6 Å². The molecule has 2 heterocycles. The molecule has 2 atom stereocenters. The molecule has 3 rings (SSSR count). The zero-order chi connectivity index (χ0) is 19.3. The number of aryl methyl sites for hydroxylation is 1. The molecule has 0 radical (unpaired) electrons. The van der Waals surface area contributed by atoms with Crippen molar-refractivity contribution in [2.24, 2.45) is 18.4 Å². The largest absolute Gasteiger partial charge is 0.372 e. The van der Waals surface area contributed by atoms with Crippen molar-refractivity contribution in [3.05, 3.63) is 18.0 Å². The van der Waals surface area contributed by atoms with Crippen LogP contribution in [0.15, 0.2) is 12.3 Å². The average Bonchev–Trinajstić information content (AvgIpc) is 3.13. The van der Waals surface area contributed by atoms with E-state index in [4.69, 9.17) is 4.74 Å². The van der Waals surface area contributed by atoms with Crippen LogP contribution in [-0.2, 0) is 11.8 Å². The molecule has 6 nitrogen and oxygen atoms in total. The summed E-state index contributed by atoms with van der Waals surface area (Å²) in [7, 11) is 1.94. The maximum Gasteiger partial charge on any atom is 0.315 e. The standard InChI is InChI=1S/C21H36N4O2/c1-4-21(5-2)11-8-17(9-12-21)24-20(26)22-15-16-7-6-14-27-19(16)18-10-13-23-25(18)3/h10,13,16-17,19H,4-9,11-12,14-15H2,1-3H3,(H2,22,24,26)/t16-,19+/m0/s1. The van der Waals surface area contributed by atoms with Gasteiger partial charge in [-0.25, -0.2) is 4.79 Å². The van der Waals surface area contributed by atoms with E-state index in [0.29, 0.717) is 23.9 Å². The summed E-state index contributed by atoms with van der Waals surface area (Å²) in [4.78, 5) is 12.4. The lowest BCUT2D eigenvalue weighted by Crippen LogP contribution is -2.47. The molecule has 1 aliphatic heterocycles. The van der Waals surface area contributed by atoms with E-state index >= 15 is 0 Å². The minimum atomic E-state index is -0.0326. The van der Waals surface area contributed by atoms with E-state index in [2.05, 4.69) is 29.6 Å². The van der Waals surface area contributed by atoms with E-state index in [1.807, 2.05) is 17.8 Å². The summed E-state index contributed by atoms with van der Waals surface area (Å²) in [5, 5.41) is 10.6. The Labute approximate surface area is 163 Å². The van der Waals surface area contributed by atoms with Crippen LogP contribution in [0.25, 0.3) is 0 Å². The minimum Gasteiger partial charge on any atom is -0.372 e. The highest BCUT2D eigenvalue weighted by molar-refractivity contribution is 5.74. The van der Waals surface area contributed by atoms with Gasteiger partial charge in [-0.2, -0.15) is 5.10 Å². The molecule has 152 valence electrons. The third-order valence-corrected chi connectivity index (χ3v) is 7.00. The lowest BCUT2D eigenvalue weighted by atomic mass is 9.69. The van der Waals surface area contributed by atoms with Crippen molar-refractivity contribution in [1.29, 1.82) is 0 Å². The smallest absolute Gasteiger partial charge is 0.315 e. The molecule has 2 N–H and O–H groups in total. The summed E-state index contributed by atoms with van der Waals surface area (Å²) in [6, 6.07) is 2.29. The number of carbonyl (C=O) groups excluding carboxylic acids is 1. The third-order valence-electron chi connectivity index (χ3n) is 7.00. The quantitative estimate of drug-likeness (QED) is 0.790. The number of hydrogen-bond acceptors (Lipinski definition) is 3. The summed E-state index contributed by atoms with van der Waals surface area (Å²) in [5.74, 6) is 0.291. The zero-order valence-electron chi connectivity index (χ0n) is 17.2. The summed E-state index contributed by atoms with van der Waals surface area (Å²) in [6.07, 6.45) is 11.1. The lowest BCUT2D eigenvalue weighted by molar-refractivity contribution is -0.0314. The number of aromatic nitrogens is 2. The SMILES string of the molecule is CCC1(CC)CCC(NC(=O)NC[C@@H]2CCCO[C@H]2c2ccnn2C)CC1. The Morgan fingerprint density at radius 3 is 2.67 bits per heavy atom. The number of urea groups is 1. The monoisotopic (exact) mass is 376 g/mol. The highest BCUT2D eigenvalue weighted by Crippen LogP contribution is 2.41. The first-order chi connectivity index (χ1) is 13.1. The molecule has 2 fully saturated rings. The fourth-order valence-electron chi connectivity index (χ4n) is 4.83. The number of hydrogen-bond donors (Lipinski definition) is 2. The Morgan fingerprint density at radius 2 is 2.04 bits per heavy atom. The molecule has 1 aromatic heterocycles. The van der Waals surface area contributed by atoms with Gasteiger partial charge in [-0.1, -0.05) is 26.7 Å². The van der Waals surface area contributed by atoms with Crippen LogP contribution >= 0.6 is 0 Å². The van der Waals surface area contributed by atoms with E-state index in [-0.39, 0.29) is 12.1 Å². The molecule has 1 aliphatic carbocycles. The van der Waals surface area contributed by atoms with Gasteiger partial charge in [0, 0.05) is 38.4 Å². The molecule has 0 spiro atoms. The van der Waals surface area contributed by atoms with Crippen LogP contribution in [0.2, 0.25) is 0 Å². The number of nitrogens with zero attached hydrogens (tertiary/aromatic N) is 2. The Bertz CT molecular complexity index is 601. The second-order valence-corrected chi connectivity index (χ2v) is 8.41. The maximum atomic E-state index is 12.4. The van der Waals surface area contributed by atoms with Crippen LogP contribution in [0.5, 0.6) is 0 Å². The first-order valence-corrected chi connectivity index (χ1v) is 10.7. The van der Waals surface area contributed by atoms with Gasteiger partial charge in [0.1, 0.15) is 6.10 Å². The van der Waals surface area contributed by atoms with Crippen LogP contribution in [0.1, 0.15) is 77.0 Å². The van der Waals surface area contributed by atoms with E-state index in [1.54, 1.807) is 6.20 Å². The maximum absolute atomic E-state index is 12.4. The summed E-state index contributed by atoms with van der Waals surface area (Å²) in [5.41, 5.74) is 1.59. The van der Waals surface area contributed by atoms with Gasteiger partial charge in [0.05, 0.1) is 5.69 Å². The molecule has 2 amide bonds. The molecule has 0 unspecified atom stereocenters. The van der Waals surface area contributed by atoms with Gasteiger partial charge in [-0.15, -0.1) is 0 Å². The summed E-state index contributed by atoms with van der Waals surface area (Å²) in [6.45, 7) is 6.02. The molecule has 6 heteroatoms. The van der Waals surface area contributed by atoms with Gasteiger partial charge in [0.2, 0.25) is 0 Å². The number of amides is 2. The number of carbonyl (C=O) groups is 1. The van der Waals surface area contributed by atoms with Crippen molar-refractivity contribution < 1.29 is 9.53 Å². The molecular weight excluding hydrogens is 340 g/mol. The fraction of sp³-hybridized carbons (Fsp3) is 0.810. The van der Waals surface area contributed by atoms with E-state index in [0.717, 1.165) is 38.0 Å². The van der Waals surface area contributed by atoms with Gasteiger partial charge in [0.15, 0.2) is 0 Å². The molecule has 1 saturated carbocycles. The number of ether oxygens (including phenoxy) is 1. The highest BCUT2D eigenvalue weighted by Gasteiger charge is 2.33. The van der Waals surface area contributed by atoms with Crippen molar-refractivity contribution in [2.45, 2.75) is 77.4 Å². The van der Waals surface area contributed by atoms with Crippen LogP contribution in [0.4, 0.5) is 4.79 Å². The Kier molecular flexibility index (Phi) is 6.79. The Balaban J connectivity index is 1.46. The van der Waals surface area contributed by atoms with Crippen molar-refractivity contribution in [1.82, 2.24) is 20.4 Å². The summed E-state index contributed by atoms with van der Waals surface area (Å²) >= 11 is 0. The van der Waals surface area contributed by atoms with Crippen molar-refractivity contribution in [3.8, 4) is 0 Å². The average molecular weight is 377 g/mol. The molecule has 1 aromatic rings. The van der Waals surface area contributed by atoms with E-state index in [1.165, 1.54) is 25.7 Å². The topological polar surface area (TPSA) is 68.2 Å². The van der Waals surface area contributed by atoms with Crippen molar-refractivity contribution >= 4 is 6.03 Å². The summed E-state index contributed by atoms with van der Waals surface area (Å²) < 4.78 is 7.89. The molecule has 1 saturated heterocycles. The second kappa shape index (κ2) is 9.09. The first kappa shape index (κ1) is 20.2. The lowest BCUT2D eigenvalue weighted by Gasteiger charge is -2.39. The van der Waals surface area contributed by atoms with E-state index in [9.17, 15) is 4.79 Å². The number of rotatable bonds is 6. The van der Waals surface area contributed by atoms with Crippen LogP contribution in [0.3, 0.4) is 0 Å². The van der Waals surface area contributed by atoms with Crippen molar-refractivity contribution in [2.75, 3.05) is 13.2 Å². The van der Waals surface area contributed by atoms with Gasteiger partial charge >= 0.3 is 6.03 Å². The zero-order valence-corrected chi connectivity index (χ0v) is 17.2. The predicted octanol–water partition coefficient (Wildman–Crippen LogP) is 3.94. The molecule has 0 bridgehead atoms. The molecule has 2 aliphatic rings. The van der Waals surface area contributed by atoms with Gasteiger partial charge in [0.25, 0.3) is 0 Å². The molecule has 27 heavy (non-hydrogen) atoms. The highest BCUT2D eigenvalue weighted by atomic mass is 16.5. The van der Waals surface area contributed by atoms with Crippen LogP contribution in [0, 0.1) is 11.3 Å². The molecular formula is C21H36N4O2. The Hall–Kier alpha value is -1.56. The number of nitrogens with one attached hydrogen (secondary N) is 2. The van der Waals surface area contributed by atoms with Crippen LogP contribution in [-0.4, -0.2) is 35.0 Å². The van der Waals surface area contributed by atoms with Gasteiger partial charge < -0.3 is 15.4 Å². The van der Waals surface area contributed by atoms with Gasteiger partial charge in [-0.3, -0.25) is 4.68 Å².